The highest BCUT2D eigenvalue weighted by Gasteiger charge is 2.25. The first kappa shape index (κ1) is 21.5. The highest BCUT2D eigenvalue weighted by Crippen LogP contribution is 2.29. The Morgan fingerprint density at radius 3 is 2.52 bits per heavy atom. The first-order chi connectivity index (χ1) is 16.0. The zero-order valence-electron chi connectivity index (χ0n) is 18.0. The number of rotatable bonds is 7. The molecular weight excluding hydrogens is 428 g/mol. The van der Waals surface area contributed by atoms with Crippen molar-refractivity contribution in [2.45, 2.75) is 6.92 Å². The van der Waals surface area contributed by atoms with Gasteiger partial charge >= 0.3 is 0 Å². The van der Waals surface area contributed by atoms with E-state index in [0.717, 1.165) is 5.56 Å². The lowest BCUT2D eigenvalue weighted by molar-refractivity contribution is 0.0950. The van der Waals surface area contributed by atoms with Crippen LogP contribution in [-0.2, 0) is 0 Å². The fourth-order valence-electron chi connectivity index (χ4n) is 3.05. The van der Waals surface area contributed by atoms with E-state index in [0.29, 0.717) is 28.5 Å². The summed E-state index contributed by atoms with van der Waals surface area (Å²) in [7, 11) is 3.12. The van der Waals surface area contributed by atoms with Crippen molar-refractivity contribution in [1.82, 2.24) is 30.7 Å². The summed E-state index contributed by atoms with van der Waals surface area (Å²) in [6.07, 6.45) is 0. The molecular formula is C21H20N8O4. The molecule has 0 fully saturated rings. The summed E-state index contributed by atoms with van der Waals surface area (Å²) in [5.41, 5.74) is 10.6. The molecule has 0 saturated heterocycles. The van der Waals surface area contributed by atoms with Crippen LogP contribution in [0.1, 0.15) is 23.0 Å². The normalized spacial score (nSPS) is 11.3. The van der Waals surface area contributed by atoms with Crippen molar-refractivity contribution >= 4 is 17.4 Å². The second-order valence-corrected chi connectivity index (χ2v) is 6.77. The lowest BCUT2D eigenvalue weighted by Gasteiger charge is -2.08. The summed E-state index contributed by atoms with van der Waals surface area (Å²) in [4.78, 5) is 13.0. The number of nitrogens with one attached hydrogen (secondary N) is 1. The Morgan fingerprint density at radius 1 is 1.09 bits per heavy atom. The molecule has 0 aliphatic heterocycles. The van der Waals surface area contributed by atoms with Gasteiger partial charge in [0, 0.05) is 11.1 Å². The number of hydrazone groups is 1. The molecule has 0 aliphatic carbocycles. The molecule has 33 heavy (non-hydrogen) atoms. The Balaban J connectivity index is 1.72. The number of hydrogen-bond donors (Lipinski definition) is 2. The number of nitrogen functional groups attached to an aromatic ring is 1. The van der Waals surface area contributed by atoms with E-state index in [1.54, 1.807) is 38.3 Å². The average molecular weight is 448 g/mol. The quantitative estimate of drug-likeness (QED) is 0.319. The van der Waals surface area contributed by atoms with Gasteiger partial charge in [0.25, 0.3) is 5.91 Å². The van der Waals surface area contributed by atoms with Crippen molar-refractivity contribution in [3.05, 3.63) is 59.8 Å². The zero-order chi connectivity index (χ0) is 23.4. The lowest BCUT2D eigenvalue weighted by atomic mass is 10.1. The minimum absolute atomic E-state index is 0.00662. The summed E-state index contributed by atoms with van der Waals surface area (Å²) in [6, 6.07) is 14.3. The Bertz CT molecular complexity index is 1330. The van der Waals surface area contributed by atoms with Gasteiger partial charge < -0.3 is 15.2 Å². The lowest BCUT2D eigenvalue weighted by Crippen LogP contribution is -2.21. The summed E-state index contributed by atoms with van der Waals surface area (Å²) in [5, 5.41) is 19.6. The fourth-order valence-corrected chi connectivity index (χ4v) is 3.05. The molecule has 4 aromatic rings. The molecule has 0 spiro atoms. The summed E-state index contributed by atoms with van der Waals surface area (Å²) in [5.74, 6) is 0.745. The van der Waals surface area contributed by atoms with E-state index in [9.17, 15) is 4.79 Å². The molecule has 2 aromatic carbocycles. The Morgan fingerprint density at radius 2 is 1.82 bits per heavy atom. The van der Waals surface area contributed by atoms with Crippen molar-refractivity contribution in [3.8, 4) is 28.6 Å². The van der Waals surface area contributed by atoms with Crippen molar-refractivity contribution in [2.75, 3.05) is 20.0 Å². The van der Waals surface area contributed by atoms with Crippen LogP contribution in [0.15, 0.2) is 58.3 Å². The third kappa shape index (κ3) is 4.35. The molecule has 1 amide bonds. The first-order valence-corrected chi connectivity index (χ1v) is 9.69. The number of aromatic nitrogens is 5. The van der Waals surface area contributed by atoms with Gasteiger partial charge in [-0.05, 0) is 41.5 Å². The van der Waals surface area contributed by atoms with Crippen LogP contribution in [0.4, 0.5) is 5.82 Å². The minimum Gasteiger partial charge on any atom is -0.497 e. The van der Waals surface area contributed by atoms with Gasteiger partial charge in [0.15, 0.2) is 5.69 Å². The van der Waals surface area contributed by atoms with E-state index in [4.69, 9.17) is 15.2 Å². The van der Waals surface area contributed by atoms with E-state index in [1.165, 1.54) is 11.8 Å². The topological polar surface area (TPSA) is 156 Å². The largest absolute Gasteiger partial charge is 0.497 e. The van der Waals surface area contributed by atoms with E-state index < -0.39 is 5.91 Å². The number of carbonyl (C=O) groups excluding carboxylic acids is 1. The van der Waals surface area contributed by atoms with Gasteiger partial charge in [-0.2, -0.15) is 9.78 Å². The summed E-state index contributed by atoms with van der Waals surface area (Å²) >= 11 is 0. The predicted octanol–water partition coefficient (Wildman–Crippen LogP) is 2.07. The van der Waals surface area contributed by atoms with Gasteiger partial charge in [0.2, 0.25) is 11.6 Å². The van der Waals surface area contributed by atoms with Gasteiger partial charge in [-0.1, -0.05) is 29.5 Å². The molecule has 0 atom stereocenters. The molecule has 2 aromatic heterocycles. The van der Waals surface area contributed by atoms with E-state index in [1.807, 2.05) is 24.3 Å². The zero-order valence-corrected chi connectivity index (χ0v) is 18.0. The van der Waals surface area contributed by atoms with Gasteiger partial charge in [-0.25, -0.2) is 10.1 Å². The second-order valence-electron chi connectivity index (χ2n) is 6.77. The molecule has 12 nitrogen and oxygen atoms in total. The van der Waals surface area contributed by atoms with Gasteiger partial charge in [-0.3, -0.25) is 4.79 Å². The summed E-state index contributed by atoms with van der Waals surface area (Å²) in [6.45, 7) is 1.76. The maximum atomic E-state index is 13.0. The van der Waals surface area contributed by atoms with Crippen LogP contribution >= 0.6 is 0 Å². The number of amides is 1. The average Bonchev–Trinajstić information content (AvgIpc) is 3.48. The van der Waals surface area contributed by atoms with Crippen molar-refractivity contribution in [2.24, 2.45) is 5.10 Å². The molecule has 0 radical (unpaired) electrons. The molecule has 0 unspecified atom stereocenters. The van der Waals surface area contributed by atoms with Crippen molar-refractivity contribution in [3.63, 3.8) is 0 Å². The molecule has 0 bridgehead atoms. The highest BCUT2D eigenvalue weighted by molar-refractivity contribution is 6.02. The van der Waals surface area contributed by atoms with Crippen LogP contribution < -0.4 is 20.6 Å². The van der Waals surface area contributed by atoms with Gasteiger partial charge in [0.1, 0.15) is 17.2 Å². The second kappa shape index (κ2) is 9.18. The van der Waals surface area contributed by atoms with Crippen LogP contribution in [-0.4, -0.2) is 51.1 Å². The number of anilines is 1. The number of methoxy groups -OCH3 is 2. The minimum atomic E-state index is -0.587. The van der Waals surface area contributed by atoms with Crippen LogP contribution in [0.2, 0.25) is 0 Å². The maximum absolute atomic E-state index is 13.0. The van der Waals surface area contributed by atoms with E-state index in [2.05, 4.69) is 35.8 Å². The molecule has 0 saturated carbocycles. The Hall–Kier alpha value is -4.74. The third-order valence-corrected chi connectivity index (χ3v) is 4.74. The molecule has 3 N–H and O–H groups in total. The van der Waals surface area contributed by atoms with Crippen molar-refractivity contribution < 1.29 is 18.9 Å². The number of carbonyl (C=O) groups is 1. The van der Waals surface area contributed by atoms with Crippen LogP contribution in [0, 0.1) is 0 Å². The molecule has 0 aliphatic rings. The molecule has 168 valence electrons. The standard InChI is InChI=1S/C21H20N8O4/c1-12(13-6-4-8-15(10-13)31-2)23-25-21(30)17-18(14-7-5-9-16(11-14)32-3)29(28-24-17)20-19(22)26-33-27-20/h4-11H,1-3H3,(H2,22,26)(H,25,30)/b23-12-. The van der Waals surface area contributed by atoms with Crippen molar-refractivity contribution in [1.29, 1.82) is 0 Å². The smallest absolute Gasteiger partial charge is 0.294 e. The molecule has 4 rings (SSSR count). The van der Waals surface area contributed by atoms with Crippen LogP contribution in [0.3, 0.4) is 0 Å². The van der Waals surface area contributed by atoms with Crippen LogP contribution in [0.5, 0.6) is 11.5 Å². The molecule has 2 heterocycles. The summed E-state index contributed by atoms with van der Waals surface area (Å²) < 4.78 is 16.5. The maximum Gasteiger partial charge on any atom is 0.294 e. The van der Waals surface area contributed by atoms with Gasteiger partial charge in [-0.15, -0.1) is 5.10 Å². The highest BCUT2D eigenvalue weighted by atomic mass is 16.6. The SMILES string of the molecule is COc1cccc(/C(C)=N\NC(=O)c2nnn(-c3nonc3N)c2-c2cccc(OC)c2)c1. The first-order valence-electron chi connectivity index (χ1n) is 9.69. The number of benzene rings is 2. The van der Waals surface area contributed by atoms with Gasteiger partial charge in [0.05, 0.1) is 19.9 Å². The van der Waals surface area contributed by atoms with Crippen LogP contribution in [0.25, 0.3) is 17.1 Å². The number of hydrogen-bond acceptors (Lipinski definition) is 10. The monoisotopic (exact) mass is 448 g/mol. The Labute approximate surface area is 188 Å². The molecule has 12 heteroatoms. The van der Waals surface area contributed by atoms with E-state index >= 15 is 0 Å². The number of nitrogens with two attached hydrogens (primary N) is 1. The fraction of sp³-hybridized carbons (Fsp3) is 0.143. The Kier molecular flexibility index (Phi) is 5.98. The number of nitrogens with zero attached hydrogens (tertiary/aromatic N) is 6. The predicted molar refractivity (Wildman–Crippen MR) is 118 cm³/mol. The number of ether oxygens (including phenoxy) is 2. The van der Waals surface area contributed by atoms with E-state index in [-0.39, 0.29) is 17.3 Å². The third-order valence-electron chi connectivity index (χ3n) is 4.74.